The number of halogens is 1. The SMILES string of the molecule is CCCCSc1nc2c(c(=O)[nH]1)[C@H](c1cccc(F)c1)C(C(=O)OCC)=C(C)N2. The molecular weight excluding hydrogens is 393 g/mol. The van der Waals surface area contributed by atoms with Gasteiger partial charge in [-0.15, -0.1) is 0 Å². The Bertz CT molecular complexity index is 1000. The third-order valence-corrected chi connectivity index (χ3v) is 5.59. The van der Waals surface area contributed by atoms with Gasteiger partial charge in [0.1, 0.15) is 11.6 Å². The summed E-state index contributed by atoms with van der Waals surface area (Å²) in [6, 6.07) is 5.90. The number of fused-ring (bicyclic) bond motifs is 1. The first-order valence-corrected chi connectivity index (χ1v) is 10.6. The molecule has 8 heteroatoms. The molecule has 29 heavy (non-hydrogen) atoms. The Morgan fingerprint density at radius 3 is 2.83 bits per heavy atom. The van der Waals surface area contributed by atoms with E-state index < -0.39 is 17.7 Å². The number of esters is 1. The fourth-order valence-electron chi connectivity index (χ4n) is 3.31. The average Bonchev–Trinajstić information content (AvgIpc) is 2.67. The first kappa shape index (κ1) is 21.1. The molecule has 0 saturated heterocycles. The number of carbonyl (C=O) groups is 1. The van der Waals surface area contributed by atoms with Gasteiger partial charge in [-0.05, 0) is 38.0 Å². The number of nitrogens with one attached hydrogen (secondary N) is 2. The molecule has 2 aromatic rings. The summed E-state index contributed by atoms with van der Waals surface area (Å²) in [5.74, 6) is -0.536. The Balaban J connectivity index is 2.14. The molecular formula is C21H24FN3O3S. The topological polar surface area (TPSA) is 84.1 Å². The molecule has 3 rings (SSSR count). The Morgan fingerprint density at radius 1 is 1.34 bits per heavy atom. The molecule has 1 aromatic carbocycles. The zero-order valence-electron chi connectivity index (χ0n) is 16.7. The molecule has 0 radical (unpaired) electrons. The van der Waals surface area contributed by atoms with Crippen LogP contribution in [0.15, 0.2) is 45.5 Å². The van der Waals surface area contributed by atoms with Crippen LogP contribution in [0.2, 0.25) is 0 Å². The lowest BCUT2D eigenvalue weighted by molar-refractivity contribution is -0.138. The number of hydrogen-bond donors (Lipinski definition) is 2. The van der Waals surface area contributed by atoms with E-state index in [0.717, 1.165) is 18.6 Å². The summed E-state index contributed by atoms with van der Waals surface area (Å²) >= 11 is 1.47. The number of nitrogens with zero attached hydrogens (tertiary/aromatic N) is 1. The van der Waals surface area contributed by atoms with Crippen LogP contribution < -0.4 is 10.9 Å². The lowest BCUT2D eigenvalue weighted by Crippen LogP contribution is -2.31. The minimum absolute atomic E-state index is 0.194. The minimum Gasteiger partial charge on any atom is -0.463 e. The standard InChI is InChI=1S/C21H24FN3O3S/c1-4-6-10-29-21-24-18-17(19(26)25-21)16(13-8-7-9-14(22)11-13)15(12(3)23-18)20(27)28-5-2/h7-9,11,16H,4-6,10H2,1-3H3,(H2,23,24,25,26)/t16-/m1/s1. The molecule has 0 aliphatic carbocycles. The van der Waals surface area contributed by atoms with Crippen molar-refractivity contribution in [1.82, 2.24) is 9.97 Å². The largest absolute Gasteiger partial charge is 0.463 e. The predicted molar refractivity (Wildman–Crippen MR) is 112 cm³/mol. The van der Waals surface area contributed by atoms with Gasteiger partial charge in [-0.25, -0.2) is 14.2 Å². The van der Waals surface area contributed by atoms with Crippen molar-refractivity contribution in [2.75, 3.05) is 17.7 Å². The Hall–Kier alpha value is -2.61. The van der Waals surface area contributed by atoms with Crippen molar-refractivity contribution in [3.05, 3.63) is 62.8 Å². The van der Waals surface area contributed by atoms with E-state index in [-0.39, 0.29) is 23.3 Å². The summed E-state index contributed by atoms with van der Waals surface area (Å²) in [6.07, 6.45) is 2.06. The van der Waals surface area contributed by atoms with Gasteiger partial charge >= 0.3 is 5.97 Å². The number of allylic oxidation sites excluding steroid dienone is 1. The van der Waals surface area contributed by atoms with Crippen molar-refractivity contribution in [2.45, 2.75) is 44.7 Å². The summed E-state index contributed by atoms with van der Waals surface area (Å²) in [5.41, 5.74) is 1.24. The summed E-state index contributed by atoms with van der Waals surface area (Å²) in [6.45, 7) is 5.73. The van der Waals surface area contributed by atoms with Crippen LogP contribution >= 0.6 is 11.8 Å². The molecule has 6 nitrogen and oxygen atoms in total. The smallest absolute Gasteiger partial charge is 0.336 e. The quantitative estimate of drug-likeness (QED) is 0.304. The predicted octanol–water partition coefficient (Wildman–Crippen LogP) is 4.20. The van der Waals surface area contributed by atoms with Gasteiger partial charge in [-0.2, -0.15) is 0 Å². The van der Waals surface area contributed by atoms with Crippen molar-refractivity contribution < 1.29 is 13.9 Å². The third kappa shape index (κ3) is 4.53. The summed E-state index contributed by atoms with van der Waals surface area (Å²) in [5, 5.41) is 3.59. The molecule has 0 bridgehead atoms. The molecule has 2 heterocycles. The van der Waals surface area contributed by atoms with Crippen LogP contribution in [-0.4, -0.2) is 28.3 Å². The first-order chi connectivity index (χ1) is 14.0. The van der Waals surface area contributed by atoms with Gasteiger partial charge in [0.05, 0.1) is 23.7 Å². The normalized spacial score (nSPS) is 15.7. The van der Waals surface area contributed by atoms with E-state index in [1.807, 2.05) is 0 Å². The molecule has 1 atom stereocenters. The van der Waals surface area contributed by atoms with Crippen LogP contribution in [0.4, 0.5) is 10.2 Å². The van der Waals surface area contributed by atoms with Crippen LogP contribution in [-0.2, 0) is 9.53 Å². The average molecular weight is 418 g/mol. The highest BCUT2D eigenvalue weighted by Crippen LogP contribution is 2.40. The van der Waals surface area contributed by atoms with Crippen molar-refractivity contribution in [1.29, 1.82) is 0 Å². The molecule has 1 aromatic heterocycles. The molecule has 2 N–H and O–H groups in total. The number of thioether (sulfide) groups is 1. The molecule has 0 saturated carbocycles. The fraction of sp³-hybridized carbons (Fsp3) is 0.381. The number of ether oxygens (including phenoxy) is 1. The zero-order chi connectivity index (χ0) is 21.0. The van der Waals surface area contributed by atoms with Gasteiger partial charge in [0.2, 0.25) is 0 Å². The molecule has 0 spiro atoms. The van der Waals surface area contributed by atoms with E-state index in [4.69, 9.17) is 4.74 Å². The maximum atomic E-state index is 14.0. The number of carbonyl (C=O) groups excluding carboxylic acids is 1. The lowest BCUT2D eigenvalue weighted by atomic mass is 9.82. The van der Waals surface area contributed by atoms with Crippen LogP contribution in [0.5, 0.6) is 0 Å². The zero-order valence-corrected chi connectivity index (χ0v) is 17.5. The second-order valence-corrected chi connectivity index (χ2v) is 7.79. The Morgan fingerprint density at radius 2 is 2.14 bits per heavy atom. The molecule has 0 fully saturated rings. The van der Waals surface area contributed by atoms with Crippen molar-refractivity contribution in [3.8, 4) is 0 Å². The van der Waals surface area contributed by atoms with E-state index in [9.17, 15) is 14.0 Å². The maximum Gasteiger partial charge on any atom is 0.336 e. The summed E-state index contributed by atoms with van der Waals surface area (Å²) in [4.78, 5) is 33.0. The molecule has 1 aliphatic rings. The highest BCUT2D eigenvalue weighted by atomic mass is 32.2. The summed E-state index contributed by atoms with van der Waals surface area (Å²) in [7, 11) is 0. The lowest BCUT2D eigenvalue weighted by Gasteiger charge is -2.28. The van der Waals surface area contributed by atoms with Crippen LogP contribution in [0.1, 0.15) is 50.7 Å². The Kier molecular flexibility index (Phi) is 6.74. The molecule has 0 unspecified atom stereocenters. The van der Waals surface area contributed by atoms with Crippen molar-refractivity contribution in [2.24, 2.45) is 0 Å². The van der Waals surface area contributed by atoms with E-state index in [1.165, 1.54) is 23.9 Å². The number of aromatic amines is 1. The molecule has 1 aliphatic heterocycles. The van der Waals surface area contributed by atoms with E-state index in [2.05, 4.69) is 22.2 Å². The highest BCUT2D eigenvalue weighted by molar-refractivity contribution is 7.99. The Labute approximate surface area is 173 Å². The van der Waals surface area contributed by atoms with E-state index >= 15 is 0 Å². The number of H-pyrrole nitrogens is 1. The van der Waals surface area contributed by atoms with E-state index in [0.29, 0.717) is 22.2 Å². The number of unbranched alkanes of at least 4 members (excludes halogenated alkanes) is 1. The number of aromatic nitrogens is 2. The van der Waals surface area contributed by atoms with Gasteiger partial charge in [-0.1, -0.05) is 37.2 Å². The van der Waals surface area contributed by atoms with Gasteiger partial charge < -0.3 is 15.0 Å². The van der Waals surface area contributed by atoms with E-state index in [1.54, 1.807) is 26.0 Å². The second-order valence-electron chi connectivity index (χ2n) is 6.71. The number of hydrogen-bond acceptors (Lipinski definition) is 6. The monoisotopic (exact) mass is 417 g/mol. The highest BCUT2D eigenvalue weighted by Gasteiger charge is 2.36. The number of benzene rings is 1. The summed E-state index contributed by atoms with van der Waals surface area (Å²) < 4.78 is 19.2. The van der Waals surface area contributed by atoms with Gasteiger partial charge in [-0.3, -0.25) is 4.79 Å². The number of anilines is 1. The van der Waals surface area contributed by atoms with Crippen LogP contribution in [0.25, 0.3) is 0 Å². The van der Waals surface area contributed by atoms with Crippen LogP contribution in [0, 0.1) is 5.82 Å². The number of rotatable bonds is 7. The van der Waals surface area contributed by atoms with Crippen molar-refractivity contribution >= 4 is 23.5 Å². The fourth-order valence-corrected chi connectivity index (χ4v) is 4.26. The molecule has 154 valence electrons. The van der Waals surface area contributed by atoms with Gasteiger partial charge in [0, 0.05) is 11.4 Å². The molecule has 0 amide bonds. The van der Waals surface area contributed by atoms with Gasteiger partial charge in [0.15, 0.2) is 5.16 Å². The first-order valence-electron chi connectivity index (χ1n) is 9.63. The second kappa shape index (κ2) is 9.26. The van der Waals surface area contributed by atoms with Crippen LogP contribution in [0.3, 0.4) is 0 Å². The van der Waals surface area contributed by atoms with Crippen molar-refractivity contribution in [3.63, 3.8) is 0 Å². The van der Waals surface area contributed by atoms with Gasteiger partial charge in [0.25, 0.3) is 5.56 Å². The third-order valence-electron chi connectivity index (χ3n) is 4.63. The maximum absolute atomic E-state index is 14.0. The minimum atomic E-state index is -0.771.